The normalized spacial score (nSPS) is 10.3. The maximum Gasteiger partial charge on any atom is 0.342 e. The lowest BCUT2D eigenvalue weighted by Gasteiger charge is -2.08. The van der Waals surface area contributed by atoms with Crippen molar-refractivity contribution in [3.05, 3.63) is 56.6 Å². The molecule has 0 fully saturated rings. The Morgan fingerprint density at radius 2 is 2.10 bits per heavy atom. The second kappa shape index (κ2) is 5.00. The fourth-order valence-corrected chi connectivity index (χ4v) is 1.61. The molecule has 0 saturated heterocycles. The average Bonchev–Trinajstić information content (AvgIpc) is 2.39. The number of methoxy groups -OCH3 is 1. The topological polar surface area (TPSA) is 101 Å². The van der Waals surface area contributed by atoms with Crippen LogP contribution in [0.2, 0.25) is 0 Å². The van der Waals surface area contributed by atoms with E-state index >= 15 is 0 Å². The second-order valence-corrected chi connectivity index (χ2v) is 3.80. The largest absolute Gasteiger partial charge is 0.494 e. The highest BCUT2D eigenvalue weighted by molar-refractivity contribution is 5.86. The summed E-state index contributed by atoms with van der Waals surface area (Å²) in [5, 5.41) is 8.85. The van der Waals surface area contributed by atoms with E-state index in [0.29, 0.717) is 0 Å². The Hall–Kier alpha value is -2.90. The quantitative estimate of drug-likeness (QED) is 0.846. The molecule has 0 amide bonds. The van der Waals surface area contributed by atoms with Crippen LogP contribution < -0.4 is 16.0 Å². The van der Waals surface area contributed by atoms with Gasteiger partial charge in [-0.25, -0.2) is 14.0 Å². The summed E-state index contributed by atoms with van der Waals surface area (Å²) in [6.07, 6.45) is 0.871. The van der Waals surface area contributed by atoms with Gasteiger partial charge in [0, 0.05) is 12.3 Å². The van der Waals surface area contributed by atoms with Gasteiger partial charge in [-0.05, 0) is 12.1 Å². The summed E-state index contributed by atoms with van der Waals surface area (Å²) in [6, 6.07) is 3.52. The Balaban J connectivity index is 2.69. The third kappa shape index (κ3) is 2.30. The van der Waals surface area contributed by atoms with E-state index in [-0.39, 0.29) is 11.4 Å². The number of aromatic amines is 1. The van der Waals surface area contributed by atoms with Crippen molar-refractivity contribution in [3.8, 4) is 11.4 Å². The van der Waals surface area contributed by atoms with Gasteiger partial charge in [-0.1, -0.05) is 0 Å². The van der Waals surface area contributed by atoms with Crippen LogP contribution in [0.1, 0.15) is 10.4 Å². The first-order valence-electron chi connectivity index (χ1n) is 5.37. The molecule has 1 aromatic carbocycles. The SMILES string of the molecule is COc1cc(-n2cc(C(=O)O)c(=O)[nH]c2=O)ccc1F. The van der Waals surface area contributed by atoms with Crippen molar-refractivity contribution in [2.45, 2.75) is 0 Å². The number of nitrogens with zero attached hydrogens (tertiary/aromatic N) is 1. The maximum atomic E-state index is 13.3. The van der Waals surface area contributed by atoms with E-state index in [1.165, 1.54) is 19.2 Å². The lowest BCUT2D eigenvalue weighted by molar-refractivity contribution is 0.0694. The zero-order valence-electron chi connectivity index (χ0n) is 10.2. The van der Waals surface area contributed by atoms with Crippen LogP contribution in [0.5, 0.6) is 5.75 Å². The van der Waals surface area contributed by atoms with Crippen LogP contribution in [0.3, 0.4) is 0 Å². The summed E-state index contributed by atoms with van der Waals surface area (Å²) in [6.45, 7) is 0. The molecule has 0 aliphatic carbocycles. The molecule has 2 rings (SSSR count). The molecule has 20 heavy (non-hydrogen) atoms. The van der Waals surface area contributed by atoms with Crippen LogP contribution in [0.15, 0.2) is 34.0 Å². The van der Waals surface area contributed by atoms with Gasteiger partial charge in [0.15, 0.2) is 11.6 Å². The standard InChI is InChI=1S/C12H9FN2O5/c1-20-9-4-6(2-3-8(9)13)15-5-7(11(17)18)10(16)14-12(15)19/h2-5H,1H3,(H,17,18)(H,14,16,19). The van der Waals surface area contributed by atoms with Crippen LogP contribution >= 0.6 is 0 Å². The molecular formula is C12H9FN2O5. The van der Waals surface area contributed by atoms with Crippen molar-refractivity contribution in [1.82, 2.24) is 9.55 Å². The number of rotatable bonds is 3. The van der Waals surface area contributed by atoms with Crippen LogP contribution in [0.4, 0.5) is 4.39 Å². The Morgan fingerprint density at radius 3 is 2.70 bits per heavy atom. The van der Waals surface area contributed by atoms with Gasteiger partial charge >= 0.3 is 11.7 Å². The van der Waals surface area contributed by atoms with Gasteiger partial charge in [0.25, 0.3) is 5.56 Å². The summed E-state index contributed by atoms with van der Waals surface area (Å²) < 4.78 is 18.9. The fraction of sp³-hybridized carbons (Fsp3) is 0.0833. The number of carboxylic acid groups (broad SMARTS) is 1. The summed E-state index contributed by atoms with van der Waals surface area (Å²) in [5.74, 6) is -2.22. The van der Waals surface area contributed by atoms with E-state index in [4.69, 9.17) is 9.84 Å². The third-order valence-corrected chi connectivity index (χ3v) is 2.59. The predicted molar refractivity (Wildman–Crippen MR) is 66.1 cm³/mol. The smallest absolute Gasteiger partial charge is 0.342 e. The number of halogens is 1. The predicted octanol–water partition coefficient (Wildman–Crippen LogP) is 0.372. The molecule has 0 bridgehead atoms. The Morgan fingerprint density at radius 1 is 1.40 bits per heavy atom. The minimum absolute atomic E-state index is 0.113. The van der Waals surface area contributed by atoms with Crippen LogP contribution in [-0.4, -0.2) is 27.7 Å². The van der Waals surface area contributed by atoms with E-state index in [0.717, 1.165) is 16.8 Å². The number of ether oxygens (including phenoxy) is 1. The molecule has 1 aromatic heterocycles. The first-order chi connectivity index (χ1) is 9.43. The van der Waals surface area contributed by atoms with Crippen molar-refractivity contribution in [2.75, 3.05) is 7.11 Å². The summed E-state index contributed by atoms with van der Waals surface area (Å²) in [4.78, 5) is 35.7. The van der Waals surface area contributed by atoms with E-state index in [9.17, 15) is 18.8 Å². The van der Waals surface area contributed by atoms with Crippen molar-refractivity contribution >= 4 is 5.97 Å². The van der Waals surface area contributed by atoms with Gasteiger partial charge in [-0.3, -0.25) is 14.3 Å². The highest BCUT2D eigenvalue weighted by atomic mass is 19.1. The van der Waals surface area contributed by atoms with Crippen LogP contribution in [-0.2, 0) is 0 Å². The minimum atomic E-state index is -1.48. The Labute approximate surface area is 110 Å². The molecule has 2 N–H and O–H groups in total. The number of benzene rings is 1. The maximum absolute atomic E-state index is 13.3. The summed E-state index contributed by atoms with van der Waals surface area (Å²) in [5.41, 5.74) is -2.29. The molecule has 0 saturated carbocycles. The molecule has 1 heterocycles. The van der Waals surface area contributed by atoms with Gasteiger partial charge < -0.3 is 9.84 Å². The number of H-pyrrole nitrogens is 1. The number of nitrogens with one attached hydrogen (secondary N) is 1. The van der Waals surface area contributed by atoms with E-state index < -0.39 is 28.6 Å². The molecule has 0 atom stereocenters. The van der Waals surface area contributed by atoms with E-state index in [1.54, 1.807) is 0 Å². The number of hydrogen-bond acceptors (Lipinski definition) is 4. The number of hydrogen-bond donors (Lipinski definition) is 2. The highest BCUT2D eigenvalue weighted by Crippen LogP contribution is 2.19. The third-order valence-electron chi connectivity index (χ3n) is 2.59. The molecule has 0 aliphatic heterocycles. The first-order valence-corrected chi connectivity index (χ1v) is 5.37. The van der Waals surface area contributed by atoms with Crippen molar-refractivity contribution in [3.63, 3.8) is 0 Å². The second-order valence-electron chi connectivity index (χ2n) is 3.80. The summed E-state index contributed by atoms with van der Waals surface area (Å²) in [7, 11) is 1.25. The molecule has 7 nitrogen and oxygen atoms in total. The van der Waals surface area contributed by atoms with Gasteiger partial charge in [0.1, 0.15) is 5.56 Å². The first kappa shape index (κ1) is 13.5. The summed E-state index contributed by atoms with van der Waals surface area (Å²) >= 11 is 0. The van der Waals surface area contributed by atoms with Gasteiger partial charge in [0.05, 0.1) is 12.8 Å². The van der Waals surface area contributed by atoms with Gasteiger partial charge in [-0.15, -0.1) is 0 Å². The minimum Gasteiger partial charge on any atom is -0.494 e. The van der Waals surface area contributed by atoms with E-state index in [1.807, 2.05) is 4.98 Å². The molecule has 2 aromatic rings. The average molecular weight is 280 g/mol. The van der Waals surface area contributed by atoms with Gasteiger partial charge in [0.2, 0.25) is 0 Å². The zero-order chi connectivity index (χ0) is 14.9. The van der Waals surface area contributed by atoms with Crippen LogP contribution in [0, 0.1) is 5.82 Å². The number of carboxylic acids is 1. The highest BCUT2D eigenvalue weighted by Gasteiger charge is 2.13. The number of aromatic nitrogens is 2. The lowest BCUT2D eigenvalue weighted by atomic mass is 10.2. The number of carbonyl (C=O) groups is 1. The Kier molecular flexibility index (Phi) is 3.38. The molecule has 8 heteroatoms. The van der Waals surface area contributed by atoms with Crippen molar-refractivity contribution in [2.24, 2.45) is 0 Å². The van der Waals surface area contributed by atoms with Crippen molar-refractivity contribution < 1.29 is 19.0 Å². The van der Waals surface area contributed by atoms with Crippen LogP contribution in [0.25, 0.3) is 5.69 Å². The lowest BCUT2D eigenvalue weighted by Crippen LogP contribution is -2.32. The number of aromatic carboxylic acids is 1. The monoisotopic (exact) mass is 280 g/mol. The molecular weight excluding hydrogens is 271 g/mol. The molecule has 104 valence electrons. The molecule has 0 unspecified atom stereocenters. The van der Waals surface area contributed by atoms with Gasteiger partial charge in [-0.2, -0.15) is 0 Å². The zero-order valence-corrected chi connectivity index (χ0v) is 10.2. The Bertz CT molecular complexity index is 793. The molecule has 0 spiro atoms. The molecule has 0 radical (unpaired) electrons. The molecule has 0 aliphatic rings. The van der Waals surface area contributed by atoms with Crippen molar-refractivity contribution in [1.29, 1.82) is 0 Å². The van der Waals surface area contributed by atoms with E-state index in [2.05, 4.69) is 0 Å². The fourth-order valence-electron chi connectivity index (χ4n) is 1.61.